The Morgan fingerprint density at radius 2 is 2.00 bits per heavy atom. The second-order valence-corrected chi connectivity index (χ2v) is 4.67. The molecule has 0 amide bonds. The lowest BCUT2D eigenvalue weighted by Gasteiger charge is -1.94. The molecule has 1 rings (SSSR count). The van der Waals surface area contributed by atoms with Gasteiger partial charge in [0.1, 0.15) is 0 Å². The minimum atomic E-state index is -0.847. The van der Waals surface area contributed by atoms with E-state index in [-0.39, 0.29) is 0 Å². The summed E-state index contributed by atoms with van der Waals surface area (Å²) in [5, 5.41) is 0. The van der Waals surface area contributed by atoms with Gasteiger partial charge in [0.15, 0.2) is 0 Å². The molecule has 1 unspecified atom stereocenters. The minimum absolute atomic E-state index is 0.439. The first-order chi connectivity index (χ1) is 7.33. The van der Waals surface area contributed by atoms with E-state index in [0.717, 1.165) is 12.0 Å². The summed E-state index contributed by atoms with van der Waals surface area (Å²) in [6.45, 7) is 0.595. The fraction of sp³-hybridized carbons (Fsp3) is 0.333. The Labute approximate surface area is 93.3 Å². The second-order valence-electron chi connectivity index (χ2n) is 3.10. The molecule has 0 aromatic heterocycles. The van der Waals surface area contributed by atoms with E-state index < -0.39 is 10.8 Å². The van der Waals surface area contributed by atoms with Crippen LogP contribution in [0.5, 0.6) is 0 Å². The van der Waals surface area contributed by atoms with E-state index in [4.69, 9.17) is 5.73 Å². The van der Waals surface area contributed by atoms with Crippen LogP contribution in [0.3, 0.4) is 0 Å². The number of benzene rings is 1. The maximum Gasteiger partial charge on any atom is 0.0851 e. The van der Waals surface area contributed by atoms with Crippen molar-refractivity contribution in [3.63, 3.8) is 0 Å². The predicted octanol–water partition coefficient (Wildman–Crippen LogP) is 1.14. The van der Waals surface area contributed by atoms with Crippen LogP contribution in [0.2, 0.25) is 0 Å². The van der Waals surface area contributed by atoms with Crippen LogP contribution in [0.1, 0.15) is 12.0 Å². The lowest BCUT2D eigenvalue weighted by Crippen LogP contribution is -2.07. The number of nitrogens with two attached hydrogens (primary N) is 1. The Hall–Kier alpha value is -1.11. The maximum atomic E-state index is 11.3. The van der Waals surface area contributed by atoms with Gasteiger partial charge in [-0.05, 0) is 25.1 Å². The van der Waals surface area contributed by atoms with Crippen molar-refractivity contribution in [1.29, 1.82) is 0 Å². The van der Waals surface area contributed by atoms with Gasteiger partial charge in [0.05, 0.1) is 5.75 Å². The van der Waals surface area contributed by atoms with Gasteiger partial charge in [-0.25, -0.2) is 0 Å². The van der Waals surface area contributed by atoms with E-state index in [9.17, 15) is 4.21 Å². The zero-order valence-electron chi connectivity index (χ0n) is 8.61. The highest BCUT2D eigenvalue weighted by molar-refractivity contribution is 7.85. The summed E-state index contributed by atoms with van der Waals surface area (Å²) >= 11 is 0. The van der Waals surface area contributed by atoms with Gasteiger partial charge in [-0.1, -0.05) is 30.0 Å². The average molecular weight is 221 g/mol. The van der Waals surface area contributed by atoms with Crippen molar-refractivity contribution in [3.05, 3.63) is 35.9 Å². The molecular weight excluding hydrogens is 206 g/mol. The molecule has 0 heterocycles. The first kappa shape index (κ1) is 12.0. The molecule has 1 aromatic rings. The van der Waals surface area contributed by atoms with Gasteiger partial charge in [0.2, 0.25) is 0 Å². The lowest BCUT2D eigenvalue weighted by atomic mass is 10.2. The average Bonchev–Trinajstić information content (AvgIpc) is 2.28. The molecule has 0 aliphatic carbocycles. The van der Waals surface area contributed by atoms with Crippen LogP contribution >= 0.6 is 0 Å². The van der Waals surface area contributed by atoms with Gasteiger partial charge < -0.3 is 5.73 Å². The van der Waals surface area contributed by atoms with Crippen LogP contribution in [-0.4, -0.2) is 22.3 Å². The Kier molecular flexibility index (Phi) is 5.76. The van der Waals surface area contributed by atoms with E-state index in [0.29, 0.717) is 18.1 Å². The van der Waals surface area contributed by atoms with Crippen LogP contribution in [0, 0.1) is 11.8 Å². The Morgan fingerprint density at radius 1 is 1.27 bits per heavy atom. The molecule has 1 atom stereocenters. The van der Waals surface area contributed by atoms with Crippen LogP contribution in [0.25, 0.3) is 0 Å². The quantitative estimate of drug-likeness (QED) is 0.775. The molecule has 0 bridgehead atoms. The SMILES string of the molecule is NCCCS(=O)CC#Cc1ccccc1. The summed E-state index contributed by atoms with van der Waals surface area (Å²) < 4.78 is 11.3. The van der Waals surface area contributed by atoms with E-state index in [1.807, 2.05) is 30.3 Å². The molecule has 2 N–H and O–H groups in total. The Balaban J connectivity index is 2.37. The molecule has 0 aliphatic heterocycles. The molecule has 2 nitrogen and oxygen atoms in total. The van der Waals surface area contributed by atoms with E-state index >= 15 is 0 Å². The first-order valence-corrected chi connectivity index (χ1v) is 6.40. The molecule has 0 spiro atoms. The highest BCUT2D eigenvalue weighted by atomic mass is 32.2. The highest BCUT2D eigenvalue weighted by Gasteiger charge is 1.94. The van der Waals surface area contributed by atoms with Crippen molar-refractivity contribution in [3.8, 4) is 11.8 Å². The zero-order chi connectivity index (χ0) is 10.9. The molecule has 0 fully saturated rings. The van der Waals surface area contributed by atoms with Gasteiger partial charge in [-0.2, -0.15) is 0 Å². The van der Waals surface area contributed by atoms with Crippen molar-refractivity contribution in [2.24, 2.45) is 5.73 Å². The molecule has 15 heavy (non-hydrogen) atoms. The summed E-state index contributed by atoms with van der Waals surface area (Å²) in [7, 11) is -0.847. The zero-order valence-corrected chi connectivity index (χ0v) is 9.43. The molecular formula is C12H15NOS. The van der Waals surface area contributed by atoms with E-state index in [2.05, 4.69) is 11.8 Å². The molecule has 0 saturated heterocycles. The maximum absolute atomic E-state index is 11.3. The lowest BCUT2D eigenvalue weighted by molar-refractivity contribution is 0.683. The van der Waals surface area contributed by atoms with Gasteiger partial charge in [-0.15, -0.1) is 0 Å². The number of hydrogen-bond acceptors (Lipinski definition) is 2. The summed E-state index contributed by atoms with van der Waals surface area (Å²) in [6.07, 6.45) is 0.805. The first-order valence-electron chi connectivity index (χ1n) is 4.92. The summed E-state index contributed by atoms with van der Waals surface area (Å²) in [5.74, 6) is 6.99. The van der Waals surface area contributed by atoms with Gasteiger partial charge >= 0.3 is 0 Å². The summed E-state index contributed by atoms with van der Waals surface area (Å²) in [5.41, 5.74) is 6.29. The van der Waals surface area contributed by atoms with Crippen molar-refractivity contribution in [2.45, 2.75) is 6.42 Å². The number of rotatable bonds is 4. The normalized spacial score (nSPS) is 11.5. The largest absolute Gasteiger partial charge is 0.330 e. The second kappa shape index (κ2) is 7.22. The Morgan fingerprint density at radius 3 is 2.67 bits per heavy atom. The van der Waals surface area contributed by atoms with Gasteiger partial charge in [0, 0.05) is 22.1 Å². The molecule has 0 saturated carbocycles. The predicted molar refractivity (Wildman–Crippen MR) is 64.9 cm³/mol. The van der Waals surface area contributed by atoms with Crippen LogP contribution in [-0.2, 0) is 10.8 Å². The number of hydrogen-bond donors (Lipinski definition) is 1. The van der Waals surface area contributed by atoms with E-state index in [1.54, 1.807) is 0 Å². The third-order valence-corrected chi connectivity index (χ3v) is 3.03. The van der Waals surface area contributed by atoms with Gasteiger partial charge in [0.25, 0.3) is 0 Å². The van der Waals surface area contributed by atoms with Crippen molar-refractivity contribution in [1.82, 2.24) is 0 Å². The van der Waals surface area contributed by atoms with Crippen LogP contribution in [0.4, 0.5) is 0 Å². The standard InChI is InChI=1S/C12H15NOS/c13-9-5-11-15(14)10-4-8-12-6-2-1-3-7-12/h1-3,6-7H,5,9-11,13H2. The highest BCUT2D eigenvalue weighted by Crippen LogP contribution is 1.94. The fourth-order valence-electron chi connectivity index (χ4n) is 1.06. The molecule has 0 aliphatic rings. The summed E-state index contributed by atoms with van der Waals surface area (Å²) in [6, 6.07) is 9.71. The van der Waals surface area contributed by atoms with Gasteiger partial charge in [-0.3, -0.25) is 4.21 Å². The third-order valence-electron chi connectivity index (χ3n) is 1.82. The summed E-state index contributed by atoms with van der Waals surface area (Å²) in [4.78, 5) is 0. The van der Waals surface area contributed by atoms with Crippen molar-refractivity contribution < 1.29 is 4.21 Å². The van der Waals surface area contributed by atoms with Crippen LogP contribution in [0.15, 0.2) is 30.3 Å². The fourth-order valence-corrected chi connectivity index (χ4v) is 1.92. The molecule has 0 radical (unpaired) electrons. The van der Waals surface area contributed by atoms with Crippen LogP contribution < -0.4 is 5.73 Å². The smallest absolute Gasteiger partial charge is 0.0851 e. The topological polar surface area (TPSA) is 43.1 Å². The van der Waals surface area contributed by atoms with Crippen molar-refractivity contribution in [2.75, 3.05) is 18.1 Å². The third kappa shape index (κ3) is 5.36. The molecule has 1 aromatic carbocycles. The monoisotopic (exact) mass is 221 g/mol. The molecule has 80 valence electrons. The minimum Gasteiger partial charge on any atom is -0.330 e. The molecule has 3 heteroatoms. The Bertz CT molecular complexity index is 364. The van der Waals surface area contributed by atoms with Crippen molar-refractivity contribution >= 4 is 10.8 Å². The van der Waals surface area contributed by atoms with E-state index in [1.165, 1.54) is 0 Å².